The van der Waals surface area contributed by atoms with Crippen LogP contribution in [-0.4, -0.2) is 26.7 Å². The molecule has 0 heterocycles. The number of alkyl halides is 2. The van der Waals surface area contributed by atoms with E-state index in [0.29, 0.717) is 31.2 Å². The number of guanidine groups is 1. The molecule has 0 saturated heterocycles. The topological polar surface area (TPSA) is 54.9 Å². The summed E-state index contributed by atoms with van der Waals surface area (Å²) < 4.78 is 34.7. The second kappa shape index (κ2) is 10.4. The SMILES string of the molecule is CN=C(NCc1ccccc1COC)NCc1ccccc1OC(F)F. The summed E-state index contributed by atoms with van der Waals surface area (Å²) in [6.07, 6.45) is 0. The lowest BCUT2D eigenvalue weighted by molar-refractivity contribution is -0.0504. The molecule has 140 valence electrons. The van der Waals surface area contributed by atoms with Crippen LogP contribution in [0.2, 0.25) is 0 Å². The van der Waals surface area contributed by atoms with Gasteiger partial charge in [0.15, 0.2) is 5.96 Å². The van der Waals surface area contributed by atoms with Crippen molar-refractivity contribution in [2.45, 2.75) is 26.3 Å². The van der Waals surface area contributed by atoms with Crippen LogP contribution in [0.5, 0.6) is 5.75 Å². The lowest BCUT2D eigenvalue weighted by Crippen LogP contribution is -2.36. The highest BCUT2D eigenvalue weighted by Crippen LogP contribution is 2.19. The van der Waals surface area contributed by atoms with E-state index >= 15 is 0 Å². The number of nitrogens with zero attached hydrogens (tertiary/aromatic N) is 1. The summed E-state index contributed by atoms with van der Waals surface area (Å²) in [4.78, 5) is 4.16. The maximum Gasteiger partial charge on any atom is 0.387 e. The minimum atomic E-state index is -2.86. The van der Waals surface area contributed by atoms with E-state index in [4.69, 9.17) is 4.74 Å². The predicted octanol–water partition coefficient (Wildman–Crippen LogP) is 3.30. The van der Waals surface area contributed by atoms with Gasteiger partial charge in [0.05, 0.1) is 6.61 Å². The number of para-hydroxylation sites is 1. The average Bonchev–Trinajstić information content (AvgIpc) is 2.64. The molecule has 2 aromatic carbocycles. The number of benzene rings is 2. The predicted molar refractivity (Wildman–Crippen MR) is 97.3 cm³/mol. The number of aliphatic imine (C=N–C) groups is 1. The van der Waals surface area contributed by atoms with Crippen molar-refractivity contribution in [3.8, 4) is 5.75 Å². The highest BCUT2D eigenvalue weighted by atomic mass is 19.3. The fourth-order valence-corrected chi connectivity index (χ4v) is 2.47. The fraction of sp³-hybridized carbons (Fsp3) is 0.316. The van der Waals surface area contributed by atoms with E-state index in [1.54, 1.807) is 32.4 Å². The molecule has 0 aliphatic carbocycles. The van der Waals surface area contributed by atoms with Crippen molar-refractivity contribution in [3.05, 3.63) is 65.2 Å². The Bertz CT molecular complexity index is 723. The molecule has 2 rings (SSSR count). The van der Waals surface area contributed by atoms with Crippen LogP contribution in [0, 0.1) is 0 Å². The van der Waals surface area contributed by atoms with Crippen molar-refractivity contribution in [3.63, 3.8) is 0 Å². The number of hydrogen-bond acceptors (Lipinski definition) is 3. The maximum atomic E-state index is 12.5. The Morgan fingerprint density at radius 3 is 2.15 bits per heavy atom. The normalized spacial score (nSPS) is 11.5. The van der Waals surface area contributed by atoms with Crippen LogP contribution in [-0.2, 0) is 24.4 Å². The van der Waals surface area contributed by atoms with Gasteiger partial charge in [-0.15, -0.1) is 0 Å². The molecule has 0 fully saturated rings. The van der Waals surface area contributed by atoms with E-state index in [1.807, 2.05) is 24.3 Å². The van der Waals surface area contributed by atoms with Gasteiger partial charge < -0.3 is 20.1 Å². The molecule has 7 heteroatoms. The van der Waals surface area contributed by atoms with Crippen LogP contribution < -0.4 is 15.4 Å². The van der Waals surface area contributed by atoms with Crippen LogP contribution >= 0.6 is 0 Å². The molecule has 2 N–H and O–H groups in total. The Morgan fingerprint density at radius 1 is 0.962 bits per heavy atom. The van der Waals surface area contributed by atoms with Gasteiger partial charge in [0.25, 0.3) is 0 Å². The van der Waals surface area contributed by atoms with Crippen molar-refractivity contribution >= 4 is 5.96 Å². The van der Waals surface area contributed by atoms with Crippen LogP contribution in [0.25, 0.3) is 0 Å². The van der Waals surface area contributed by atoms with Crippen LogP contribution in [0.4, 0.5) is 8.78 Å². The van der Waals surface area contributed by atoms with Crippen LogP contribution in [0.3, 0.4) is 0 Å². The lowest BCUT2D eigenvalue weighted by atomic mass is 10.1. The first-order valence-corrected chi connectivity index (χ1v) is 8.17. The molecule has 2 aromatic rings. The Labute approximate surface area is 152 Å². The van der Waals surface area contributed by atoms with Gasteiger partial charge in [-0.1, -0.05) is 42.5 Å². The Balaban J connectivity index is 1.95. The summed E-state index contributed by atoms with van der Waals surface area (Å²) in [5.74, 6) is 0.708. The third-order valence-electron chi connectivity index (χ3n) is 3.72. The molecule has 0 aliphatic rings. The van der Waals surface area contributed by atoms with Gasteiger partial charge in [-0.05, 0) is 17.2 Å². The molecule has 0 aromatic heterocycles. The number of nitrogens with one attached hydrogen (secondary N) is 2. The minimum absolute atomic E-state index is 0.149. The summed E-state index contributed by atoms with van der Waals surface area (Å²) in [5, 5.41) is 6.31. The Morgan fingerprint density at radius 2 is 1.54 bits per heavy atom. The van der Waals surface area contributed by atoms with Gasteiger partial charge in [-0.2, -0.15) is 8.78 Å². The quantitative estimate of drug-likeness (QED) is 0.558. The van der Waals surface area contributed by atoms with Gasteiger partial charge in [0, 0.05) is 32.8 Å². The summed E-state index contributed by atoms with van der Waals surface area (Å²) in [6, 6.07) is 14.6. The molecule has 0 aliphatic heterocycles. The molecule has 0 amide bonds. The average molecular weight is 363 g/mol. The molecule has 26 heavy (non-hydrogen) atoms. The zero-order valence-electron chi connectivity index (χ0n) is 14.8. The van der Waals surface area contributed by atoms with Gasteiger partial charge in [-0.3, -0.25) is 4.99 Å². The molecule has 0 atom stereocenters. The molecular formula is C19H23F2N3O2. The van der Waals surface area contributed by atoms with Crippen molar-refractivity contribution in [2.24, 2.45) is 4.99 Å². The van der Waals surface area contributed by atoms with Crippen molar-refractivity contribution in [2.75, 3.05) is 14.2 Å². The van der Waals surface area contributed by atoms with E-state index in [0.717, 1.165) is 11.1 Å². The molecule has 0 bridgehead atoms. The van der Waals surface area contributed by atoms with Crippen molar-refractivity contribution < 1.29 is 18.3 Å². The Hall–Kier alpha value is -2.67. The standard InChI is InChI=1S/C19H23F2N3O2/c1-22-19(23-11-14-7-3-4-9-16(14)13-25-2)24-12-15-8-5-6-10-17(15)26-18(20)21/h3-10,18H,11-13H2,1-2H3,(H2,22,23,24). The molecule has 0 spiro atoms. The monoisotopic (exact) mass is 363 g/mol. The van der Waals surface area contributed by atoms with E-state index in [9.17, 15) is 8.78 Å². The van der Waals surface area contributed by atoms with Gasteiger partial charge in [0.1, 0.15) is 5.75 Å². The van der Waals surface area contributed by atoms with Gasteiger partial charge in [0.2, 0.25) is 0 Å². The van der Waals surface area contributed by atoms with Gasteiger partial charge in [-0.25, -0.2) is 0 Å². The molecule has 0 unspecified atom stereocenters. The smallest absolute Gasteiger partial charge is 0.387 e. The second-order valence-electron chi connectivity index (χ2n) is 5.47. The largest absolute Gasteiger partial charge is 0.434 e. The molecule has 5 nitrogen and oxygen atoms in total. The van der Waals surface area contributed by atoms with Crippen molar-refractivity contribution in [1.29, 1.82) is 0 Å². The zero-order valence-corrected chi connectivity index (χ0v) is 14.8. The maximum absolute atomic E-state index is 12.5. The number of methoxy groups -OCH3 is 1. The highest BCUT2D eigenvalue weighted by molar-refractivity contribution is 5.79. The van der Waals surface area contributed by atoms with E-state index in [-0.39, 0.29) is 5.75 Å². The first-order chi connectivity index (χ1) is 12.6. The first kappa shape index (κ1) is 19.7. The number of hydrogen-bond donors (Lipinski definition) is 2. The third-order valence-corrected chi connectivity index (χ3v) is 3.72. The third kappa shape index (κ3) is 6.00. The fourth-order valence-electron chi connectivity index (χ4n) is 2.47. The minimum Gasteiger partial charge on any atom is -0.434 e. The lowest BCUT2D eigenvalue weighted by Gasteiger charge is -2.15. The van der Waals surface area contributed by atoms with E-state index < -0.39 is 6.61 Å². The summed E-state index contributed by atoms with van der Waals surface area (Å²) >= 11 is 0. The summed E-state index contributed by atoms with van der Waals surface area (Å²) in [7, 11) is 3.31. The highest BCUT2D eigenvalue weighted by Gasteiger charge is 2.09. The molecular weight excluding hydrogens is 340 g/mol. The number of ether oxygens (including phenoxy) is 2. The number of halogens is 2. The van der Waals surface area contributed by atoms with Crippen LogP contribution in [0.1, 0.15) is 16.7 Å². The van der Waals surface area contributed by atoms with E-state index in [1.165, 1.54) is 6.07 Å². The molecule has 0 radical (unpaired) electrons. The number of rotatable bonds is 8. The summed E-state index contributed by atoms with van der Waals surface area (Å²) in [6.45, 7) is -1.45. The first-order valence-electron chi connectivity index (χ1n) is 8.17. The van der Waals surface area contributed by atoms with Gasteiger partial charge >= 0.3 is 6.61 Å². The zero-order chi connectivity index (χ0) is 18.8. The molecule has 0 saturated carbocycles. The van der Waals surface area contributed by atoms with Crippen molar-refractivity contribution in [1.82, 2.24) is 10.6 Å². The van der Waals surface area contributed by atoms with Crippen LogP contribution in [0.15, 0.2) is 53.5 Å². The Kier molecular flexibility index (Phi) is 7.82. The van der Waals surface area contributed by atoms with E-state index in [2.05, 4.69) is 20.4 Å². The summed E-state index contributed by atoms with van der Waals surface area (Å²) in [5.41, 5.74) is 2.81. The second-order valence-corrected chi connectivity index (χ2v) is 5.47.